The molecule has 0 radical (unpaired) electrons. The maximum absolute atomic E-state index is 12.9. The third-order valence-corrected chi connectivity index (χ3v) is 3.33. The van der Waals surface area contributed by atoms with E-state index in [9.17, 15) is 8.78 Å². The Bertz CT molecular complexity index is 187. The Hall–Kier alpha value is -0.220. The highest BCUT2D eigenvalue weighted by Crippen LogP contribution is 2.36. The first-order valence-electron chi connectivity index (χ1n) is 6.30. The molecule has 0 atom stereocenters. The van der Waals surface area contributed by atoms with Crippen LogP contribution in [-0.2, 0) is 0 Å². The van der Waals surface area contributed by atoms with Gasteiger partial charge in [-0.15, -0.1) is 0 Å². The lowest BCUT2D eigenvalue weighted by Crippen LogP contribution is -2.35. The van der Waals surface area contributed by atoms with Crippen molar-refractivity contribution < 1.29 is 8.78 Å². The van der Waals surface area contributed by atoms with E-state index < -0.39 is 5.92 Å². The van der Waals surface area contributed by atoms with Crippen molar-refractivity contribution in [2.45, 2.75) is 38.5 Å². The molecule has 0 amide bonds. The normalized spacial score (nSPS) is 21.6. The summed E-state index contributed by atoms with van der Waals surface area (Å²) in [5.74, 6) is -1.93. The predicted molar refractivity (Wildman–Crippen MR) is 62.9 cm³/mol. The van der Waals surface area contributed by atoms with Gasteiger partial charge in [-0.1, -0.05) is 6.92 Å². The molecule has 96 valence electrons. The second kappa shape index (κ2) is 6.50. The number of nitrogens with zero attached hydrogens (tertiary/aromatic N) is 1. The van der Waals surface area contributed by atoms with Gasteiger partial charge in [-0.25, -0.2) is 8.78 Å². The minimum atomic E-state index is -2.39. The molecule has 1 saturated carbocycles. The Morgan fingerprint density at radius 1 is 1.31 bits per heavy atom. The third kappa shape index (κ3) is 5.21. The molecule has 0 bridgehead atoms. The van der Waals surface area contributed by atoms with Gasteiger partial charge in [0.05, 0.1) is 0 Å². The molecule has 16 heavy (non-hydrogen) atoms. The summed E-state index contributed by atoms with van der Waals surface area (Å²) in [6.07, 6.45) is 1.52. The average Bonchev–Trinajstić information content (AvgIpc) is 2.22. The lowest BCUT2D eigenvalue weighted by molar-refractivity contribution is -0.0482. The number of likely N-dealkylation sites (N-methyl/N-ethyl adjacent to an activating group) is 2. The molecule has 1 aliphatic rings. The van der Waals surface area contributed by atoms with Gasteiger partial charge < -0.3 is 10.2 Å². The predicted octanol–water partition coefficient (Wildman–Crippen LogP) is 2.35. The fourth-order valence-corrected chi connectivity index (χ4v) is 2.26. The van der Waals surface area contributed by atoms with Crippen LogP contribution in [0.25, 0.3) is 0 Å². The maximum atomic E-state index is 12.9. The molecule has 0 heterocycles. The van der Waals surface area contributed by atoms with Crippen LogP contribution in [0.1, 0.15) is 32.6 Å². The summed E-state index contributed by atoms with van der Waals surface area (Å²) in [5.41, 5.74) is 0. The van der Waals surface area contributed by atoms with E-state index in [2.05, 4.69) is 24.2 Å². The molecule has 0 aromatic heterocycles. The van der Waals surface area contributed by atoms with Gasteiger partial charge in [0.25, 0.3) is 0 Å². The SMILES string of the molecule is CCNCCN(C)CC1CCC(F)(F)CC1. The summed E-state index contributed by atoms with van der Waals surface area (Å²) in [6.45, 7) is 6.02. The number of rotatable bonds is 6. The van der Waals surface area contributed by atoms with Crippen molar-refractivity contribution in [2.75, 3.05) is 33.2 Å². The van der Waals surface area contributed by atoms with Gasteiger partial charge in [0.15, 0.2) is 0 Å². The Kier molecular flexibility index (Phi) is 5.62. The number of hydrogen-bond acceptors (Lipinski definition) is 2. The maximum Gasteiger partial charge on any atom is 0.248 e. The second-order valence-corrected chi connectivity index (χ2v) is 4.92. The first-order chi connectivity index (χ1) is 7.53. The Morgan fingerprint density at radius 2 is 1.94 bits per heavy atom. The first-order valence-corrected chi connectivity index (χ1v) is 6.30. The van der Waals surface area contributed by atoms with Crippen molar-refractivity contribution >= 4 is 0 Å². The van der Waals surface area contributed by atoms with Crippen LogP contribution in [0.2, 0.25) is 0 Å². The quantitative estimate of drug-likeness (QED) is 0.710. The van der Waals surface area contributed by atoms with Crippen molar-refractivity contribution in [1.29, 1.82) is 0 Å². The zero-order valence-corrected chi connectivity index (χ0v) is 10.4. The van der Waals surface area contributed by atoms with Crippen molar-refractivity contribution in [2.24, 2.45) is 5.92 Å². The Balaban J connectivity index is 2.13. The van der Waals surface area contributed by atoms with Crippen molar-refractivity contribution in [3.8, 4) is 0 Å². The van der Waals surface area contributed by atoms with Crippen LogP contribution in [0.3, 0.4) is 0 Å². The molecule has 1 N–H and O–H groups in total. The molecule has 0 aromatic carbocycles. The van der Waals surface area contributed by atoms with E-state index in [-0.39, 0.29) is 12.8 Å². The molecule has 1 aliphatic carbocycles. The molecular weight excluding hydrogens is 210 g/mol. The van der Waals surface area contributed by atoms with Crippen LogP contribution in [0.15, 0.2) is 0 Å². The van der Waals surface area contributed by atoms with E-state index >= 15 is 0 Å². The molecule has 1 rings (SSSR count). The second-order valence-electron chi connectivity index (χ2n) is 4.92. The van der Waals surface area contributed by atoms with Crippen LogP contribution < -0.4 is 5.32 Å². The van der Waals surface area contributed by atoms with Crippen molar-refractivity contribution in [1.82, 2.24) is 10.2 Å². The standard InChI is InChI=1S/C12H24F2N2/c1-3-15-8-9-16(2)10-11-4-6-12(13,14)7-5-11/h11,15H,3-10H2,1-2H3. The lowest BCUT2D eigenvalue weighted by atomic mass is 9.86. The zero-order valence-electron chi connectivity index (χ0n) is 10.4. The summed E-state index contributed by atoms with van der Waals surface area (Å²) in [5, 5.41) is 3.27. The third-order valence-electron chi connectivity index (χ3n) is 3.33. The van der Waals surface area contributed by atoms with Gasteiger partial charge in [0.1, 0.15) is 0 Å². The topological polar surface area (TPSA) is 15.3 Å². The molecule has 0 spiro atoms. The van der Waals surface area contributed by atoms with Crippen LogP contribution in [0, 0.1) is 5.92 Å². The van der Waals surface area contributed by atoms with E-state index in [0.29, 0.717) is 18.8 Å². The monoisotopic (exact) mass is 234 g/mol. The fourth-order valence-electron chi connectivity index (χ4n) is 2.26. The Morgan fingerprint density at radius 3 is 2.50 bits per heavy atom. The van der Waals surface area contributed by atoms with Crippen molar-refractivity contribution in [3.05, 3.63) is 0 Å². The van der Waals surface area contributed by atoms with Gasteiger partial charge in [-0.2, -0.15) is 0 Å². The van der Waals surface area contributed by atoms with E-state index in [0.717, 1.165) is 26.2 Å². The van der Waals surface area contributed by atoms with E-state index in [1.54, 1.807) is 0 Å². The summed E-state index contributed by atoms with van der Waals surface area (Å²) in [4.78, 5) is 2.25. The van der Waals surface area contributed by atoms with E-state index in [1.165, 1.54) is 0 Å². The highest BCUT2D eigenvalue weighted by atomic mass is 19.3. The molecule has 0 saturated heterocycles. The van der Waals surface area contributed by atoms with E-state index in [1.807, 2.05) is 0 Å². The van der Waals surface area contributed by atoms with Gasteiger partial charge in [0.2, 0.25) is 5.92 Å². The van der Waals surface area contributed by atoms with Crippen LogP contribution >= 0.6 is 0 Å². The molecule has 0 unspecified atom stereocenters. The molecule has 4 heteroatoms. The minimum Gasteiger partial charge on any atom is -0.316 e. The molecule has 1 fully saturated rings. The lowest BCUT2D eigenvalue weighted by Gasteiger charge is -2.31. The van der Waals surface area contributed by atoms with E-state index in [4.69, 9.17) is 0 Å². The highest BCUT2D eigenvalue weighted by molar-refractivity contribution is 4.78. The minimum absolute atomic E-state index is 0.0821. The number of nitrogens with one attached hydrogen (secondary N) is 1. The van der Waals surface area contributed by atoms with Gasteiger partial charge in [-0.05, 0) is 32.4 Å². The largest absolute Gasteiger partial charge is 0.316 e. The smallest absolute Gasteiger partial charge is 0.248 e. The Labute approximate surface area is 97.4 Å². The average molecular weight is 234 g/mol. The zero-order chi connectivity index (χ0) is 12.0. The summed E-state index contributed by atoms with van der Waals surface area (Å²) in [6, 6.07) is 0. The summed E-state index contributed by atoms with van der Waals surface area (Å²) >= 11 is 0. The van der Waals surface area contributed by atoms with Crippen LogP contribution in [-0.4, -0.2) is 44.0 Å². The summed E-state index contributed by atoms with van der Waals surface area (Å²) < 4.78 is 25.9. The molecule has 2 nitrogen and oxygen atoms in total. The fraction of sp³-hybridized carbons (Fsp3) is 1.00. The van der Waals surface area contributed by atoms with Gasteiger partial charge >= 0.3 is 0 Å². The van der Waals surface area contributed by atoms with Gasteiger partial charge in [-0.3, -0.25) is 0 Å². The summed E-state index contributed by atoms with van der Waals surface area (Å²) in [7, 11) is 2.07. The molecule has 0 aromatic rings. The molecular formula is C12H24F2N2. The molecule has 0 aliphatic heterocycles. The number of halogens is 2. The first kappa shape index (κ1) is 13.8. The number of alkyl halides is 2. The van der Waals surface area contributed by atoms with Crippen molar-refractivity contribution in [3.63, 3.8) is 0 Å². The van der Waals surface area contributed by atoms with Crippen LogP contribution in [0.5, 0.6) is 0 Å². The van der Waals surface area contributed by atoms with Crippen LogP contribution in [0.4, 0.5) is 8.78 Å². The number of hydrogen-bond donors (Lipinski definition) is 1. The van der Waals surface area contributed by atoms with Gasteiger partial charge in [0, 0.05) is 32.5 Å². The highest BCUT2D eigenvalue weighted by Gasteiger charge is 2.34.